The van der Waals surface area contributed by atoms with Crippen molar-refractivity contribution in [3.05, 3.63) is 22.4 Å². The van der Waals surface area contributed by atoms with Gasteiger partial charge in [0, 0.05) is 25.1 Å². The summed E-state index contributed by atoms with van der Waals surface area (Å²) in [5.41, 5.74) is 7.24. The first-order valence-corrected chi connectivity index (χ1v) is 8.82. The summed E-state index contributed by atoms with van der Waals surface area (Å²) in [4.78, 5) is 18.8. The fraction of sp³-hybridized carbons (Fsp3) is 0.562. The second kappa shape index (κ2) is 6.23. The Morgan fingerprint density at radius 3 is 2.92 bits per heavy atom. The summed E-state index contributed by atoms with van der Waals surface area (Å²) in [5.74, 6) is 0.636. The number of hydrogen-bond donors (Lipinski definition) is 1. The first kappa shape index (κ1) is 17.0. The lowest BCUT2D eigenvalue weighted by atomic mass is 9.94. The van der Waals surface area contributed by atoms with E-state index in [0.717, 1.165) is 23.0 Å². The van der Waals surface area contributed by atoms with Gasteiger partial charge in [-0.05, 0) is 49.5 Å². The molecule has 0 spiro atoms. The van der Waals surface area contributed by atoms with Gasteiger partial charge < -0.3 is 15.4 Å². The van der Waals surface area contributed by atoms with E-state index in [-0.39, 0.29) is 12.0 Å². The number of carbonyl (C=O) groups is 1. The molecule has 1 unspecified atom stereocenters. The number of ether oxygens (including phenoxy) is 1. The molecule has 0 aliphatic carbocycles. The largest absolute Gasteiger partial charge is 0.444 e. The van der Waals surface area contributed by atoms with Crippen molar-refractivity contribution in [1.29, 1.82) is 0 Å². The summed E-state index contributed by atoms with van der Waals surface area (Å²) in [6, 6.07) is 1.82. The third-order valence-electron chi connectivity index (χ3n) is 4.00. The molecule has 3 rings (SSSR count). The number of aromatic nitrogens is 3. The highest BCUT2D eigenvalue weighted by atomic mass is 79.9. The molecule has 130 valence electrons. The number of anilines is 1. The van der Waals surface area contributed by atoms with Crippen LogP contribution in [-0.2, 0) is 4.74 Å². The van der Waals surface area contributed by atoms with Gasteiger partial charge in [0.05, 0.1) is 16.4 Å². The van der Waals surface area contributed by atoms with E-state index < -0.39 is 5.60 Å². The molecule has 2 N–H and O–H groups in total. The molecule has 2 aromatic heterocycles. The van der Waals surface area contributed by atoms with Gasteiger partial charge in [-0.1, -0.05) is 0 Å². The highest BCUT2D eigenvalue weighted by Gasteiger charge is 2.30. The van der Waals surface area contributed by atoms with Crippen LogP contribution in [0.2, 0.25) is 0 Å². The number of nitrogens with two attached hydrogens (primary N) is 1. The molecule has 2 aromatic rings. The number of carbonyl (C=O) groups excluding carboxylic acids is 1. The summed E-state index contributed by atoms with van der Waals surface area (Å²) in [6.07, 6.45) is 3.25. The van der Waals surface area contributed by atoms with E-state index in [2.05, 4.69) is 26.0 Å². The second-order valence-electron chi connectivity index (χ2n) is 7.06. The van der Waals surface area contributed by atoms with E-state index >= 15 is 0 Å². The van der Waals surface area contributed by atoms with Crippen LogP contribution in [0.3, 0.4) is 0 Å². The molecule has 1 saturated heterocycles. The molecular weight excluding hydrogens is 374 g/mol. The maximum Gasteiger partial charge on any atom is 0.410 e. The molecule has 1 atom stereocenters. The van der Waals surface area contributed by atoms with Gasteiger partial charge in [0.2, 0.25) is 0 Å². The summed E-state index contributed by atoms with van der Waals surface area (Å²) in [6.45, 7) is 6.90. The maximum atomic E-state index is 12.3. The Balaban J connectivity index is 1.85. The lowest BCUT2D eigenvalue weighted by Crippen LogP contribution is -2.42. The lowest BCUT2D eigenvalue weighted by Gasteiger charge is -2.34. The molecule has 1 amide bonds. The van der Waals surface area contributed by atoms with Gasteiger partial charge in [-0.15, -0.1) is 0 Å². The highest BCUT2D eigenvalue weighted by molar-refractivity contribution is 9.10. The molecule has 3 heterocycles. The minimum absolute atomic E-state index is 0.114. The Kier molecular flexibility index (Phi) is 4.42. The molecule has 1 aliphatic rings. The number of amides is 1. The summed E-state index contributed by atoms with van der Waals surface area (Å²) in [5, 5.41) is 4.16. The molecule has 0 radical (unpaired) electrons. The van der Waals surface area contributed by atoms with Gasteiger partial charge in [-0.3, -0.25) is 0 Å². The third-order valence-corrected chi connectivity index (χ3v) is 4.81. The van der Waals surface area contributed by atoms with E-state index in [1.807, 2.05) is 26.8 Å². The van der Waals surface area contributed by atoms with Crippen molar-refractivity contribution >= 4 is 33.5 Å². The Morgan fingerprint density at radius 1 is 1.46 bits per heavy atom. The van der Waals surface area contributed by atoms with Crippen molar-refractivity contribution in [3.63, 3.8) is 0 Å². The normalized spacial score (nSPS) is 18.8. The van der Waals surface area contributed by atoms with Crippen molar-refractivity contribution < 1.29 is 9.53 Å². The first-order valence-electron chi connectivity index (χ1n) is 8.03. The lowest BCUT2D eigenvalue weighted by molar-refractivity contribution is 0.0197. The number of fused-ring (bicyclic) bond motifs is 1. The van der Waals surface area contributed by atoms with Gasteiger partial charge in [0.15, 0.2) is 5.65 Å². The third kappa shape index (κ3) is 3.33. The molecule has 1 fully saturated rings. The Bertz CT molecular complexity index is 768. The average Bonchev–Trinajstić information content (AvgIpc) is 2.98. The second-order valence-corrected chi connectivity index (χ2v) is 7.86. The van der Waals surface area contributed by atoms with Gasteiger partial charge in [0.25, 0.3) is 0 Å². The van der Waals surface area contributed by atoms with Crippen LogP contribution in [0, 0.1) is 0 Å². The van der Waals surface area contributed by atoms with E-state index in [4.69, 9.17) is 10.5 Å². The molecule has 0 bridgehead atoms. The van der Waals surface area contributed by atoms with E-state index in [9.17, 15) is 4.79 Å². The van der Waals surface area contributed by atoms with Crippen molar-refractivity contribution in [2.45, 2.75) is 45.1 Å². The van der Waals surface area contributed by atoms with Crippen LogP contribution >= 0.6 is 15.9 Å². The fourth-order valence-corrected chi connectivity index (χ4v) is 3.51. The van der Waals surface area contributed by atoms with Gasteiger partial charge in [-0.25, -0.2) is 9.78 Å². The Morgan fingerprint density at radius 2 is 2.21 bits per heavy atom. The number of nitrogen functional groups attached to an aromatic ring is 1. The quantitative estimate of drug-likeness (QED) is 0.800. The highest BCUT2D eigenvalue weighted by Crippen LogP contribution is 2.34. The van der Waals surface area contributed by atoms with Crippen molar-refractivity contribution in [3.8, 4) is 0 Å². The van der Waals surface area contributed by atoms with Crippen LogP contribution < -0.4 is 5.73 Å². The van der Waals surface area contributed by atoms with Gasteiger partial charge in [0.1, 0.15) is 11.4 Å². The Labute approximate surface area is 149 Å². The van der Waals surface area contributed by atoms with E-state index in [1.165, 1.54) is 0 Å². The minimum atomic E-state index is -0.496. The van der Waals surface area contributed by atoms with Gasteiger partial charge in [-0.2, -0.15) is 9.61 Å². The number of likely N-dealkylation sites (tertiary alicyclic amines) is 1. The van der Waals surface area contributed by atoms with Crippen LogP contribution in [0.4, 0.5) is 10.6 Å². The van der Waals surface area contributed by atoms with Crippen molar-refractivity contribution in [2.75, 3.05) is 18.8 Å². The predicted molar refractivity (Wildman–Crippen MR) is 94.9 cm³/mol. The predicted octanol–water partition coefficient (Wildman–Crippen LogP) is 3.19. The molecule has 1 aliphatic heterocycles. The van der Waals surface area contributed by atoms with Crippen LogP contribution in [-0.4, -0.2) is 44.3 Å². The van der Waals surface area contributed by atoms with Crippen molar-refractivity contribution in [1.82, 2.24) is 19.5 Å². The Hall–Kier alpha value is -1.83. The number of rotatable bonds is 1. The number of nitrogens with zero attached hydrogens (tertiary/aromatic N) is 4. The SMILES string of the molecule is CC(C)(C)OC(=O)N1CCCC(c2nc3ccnn3c(N)c2Br)C1. The van der Waals surface area contributed by atoms with E-state index in [1.54, 1.807) is 15.6 Å². The first-order chi connectivity index (χ1) is 11.3. The van der Waals surface area contributed by atoms with E-state index in [0.29, 0.717) is 24.6 Å². The summed E-state index contributed by atoms with van der Waals surface area (Å²) in [7, 11) is 0. The smallest absolute Gasteiger partial charge is 0.410 e. The molecule has 24 heavy (non-hydrogen) atoms. The molecule has 7 nitrogen and oxygen atoms in total. The summed E-state index contributed by atoms with van der Waals surface area (Å²) < 4.78 is 7.83. The molecular formula is C16H22BrN5O2. The van der Waals surface area contributed by atoms with Crippen LogP contribution in [0.25, 0.3) is 5.65 Å². The molecule has 8 heteroatoms. The van der Waals surface area contributed by atoms with Crippen LogP contribution in [0.15, 0.2) is 16.7 Å². The van der Waals surface area contributed by atoms with Crippen LogP contribution in [0.1, 0.15) is 45.2 Å². The van der Waals surface area contributed by atoms with Crippen molar-refractivity contribution in [2.24, 2.45) is 0 Å². The molecule has 0 aromatic carbocycles. The average molecular weight is 396 g/mol. The topological polar surface area (TPSA) is 85.8 Å². The zero-order valence-electron chi connectivity index (χ0n) is 14.1. The molecule has 0 saturated carbocycles. The number of hydrogen-bond acceptors (Lipinski definition) is 5. The number of halogens is 1. The maximum absolute atomic E-state index is 12.3. The summed E-state index contributed by atoms with van der Waals surface area (Å²) >= 11 is 3.54. The van der Waals surface area contributed by atoms with Crippen LogP contribution in [0.5, 0.6) is 0 Å². The fourth-order valence-electron chi connectivity index (χ4n) is 2.93. The monoisotopic (exact) mass is 395 g/mol. The zero-order chi connectivity index (χ0) is 17.5. The van der Waals surface area contributed by atoms with Gasteiger partial charge >= 0.3 is 6.09 Å². The number of piperidine rings is 1. The zero-order valence-corrected chi connectivity index (χ0v) is 15.7. The standard InChI is InChI=1S/C16H22BrN5O2/c1-16(2,3)24-15(23)21-8-4-5-10(9-21)13-12(17)14(18)22-11(20-13)6-7-19-22/h6-7,10H,4-5,8-9,18H2,1-3H3. The minimum Gasteiger partial charge on any atom is -0.444 e.